The zero-order valence-electron chi connectivity index (χ0n) is 12.8. The lowest BCUT2D eigenvalue weighted by Crippen LogP contribution is -2.30. The van der Waals surface area contributed by atoms with Gasteiger partial charge in [-0.3, -0.25) is 14.7 Å². The molecular weight excluding hydrogens is 310 g/mol. The smallest absolute Gasteiger partial charge is 0.338 e. The minimum absolute atomic E-state index is 0.0246. The molecule has 7 heteroatoms. The highest BCUT2D eigenvalue weighted by Gasteiger charge is 2.28. The van der Waals surface area contributed by atoms with Crippen LogP contribution in [0.3, 0.4) is 0 Å². The summed E-state index contributed by atoms with van der Waals surface area (Å²) in [7, 11) is 0. The van der Waals surface area contributed by atoms with E-state index in [1.54, 1.807) is 42.6 Å². The molecule has 1 N–H and O–H groups in total. The average molecular weight is 325 g/mol. The molecule has 0 aliphatic carbocycles. The molecule has 1 aliphatic heterocycles. The van der Waals surface area contributed by atoms with E-state index in [1.807, 2.05) is 6.07 Å². The highest BCUT2D eigenvalue weighted by atomic mass is 16.5. The number of hydrogen-bond donors (Lipinski definition) is 1. The number of carbonyl (C=O) groups excluding carboxylic acids is 3. The maximum Gasteiger partial charge on any atom is 0.338 e. The molecule has 1 aromatic carbocycles. The van der Waals surface area contributed by atoms with Crippen LogP contribution >= 0.6 is 0 Å². The van der Waals surface area contributed by atoms with E-state index in [9.17, 15) is 14.4 Å². The number of aromatic nitrogens is 1. The van der Waals surface area contributed by atoms with Crippen LogP contribution in [0.2, 0.25) is 0 Å². The molecule has 0 unspecified atom stereocenters. The first kappa shape index (κ1) is 15.7. The molecule has 0 saturated carbocycles. The number of imide groups is 1. The number of ether oxygens (including phenoxy) is 1. The van der Waals surface area contributed by atoms with E-state index >= 15 is 0 Å². The number of pyridine rings is 1. The van der Waals surface area contributed by atoms with Gasteiger partial charge in [0.25, 0.3) is 0 Å². The quantitative estimate of drug-likeness (QED) is 0.664. The van der Waals surface area contributed by atoms with Crippen molar-refractivity contribution in [2.75, 3.05) is 6.54 Å². The molecule has 122 valence electrons. The molecule has 0 spiro atoms. The van der Waals surface area contributed by atoms with Gasteiger partial charge in [-0.05, 0) is 29.8 Å². The molecule has 7 nitrogen and oxygen atoms in total. The maximum atomic E-state index is 12.0. The number of nitrogens with one attached hydrogen (secondary N) is 1. The van der Waals surface area contributed by atoms with Crippen LogP contribution in [0.15, 0.2) is 48.7 Å². The highest BCUT2D eigenvalue weighted by Crippen LogP contribution is 2.11. The Morgan fingerprint density at radius 2 is 1.96 bits per heavy atom. The molecular formula is C17H15N3O4. The van der Waals surface area contributed by atoms with Crippen LogP contribution in [0, 0.1) is 0 Å². The molecule has 3 rings (SSSR count). The topological polar surface area (TPSA) is 88.6 Å². The van der Waals surface area contributed by atoms with Gasteiger partial charge in [0, 0.05) is 6.20 Å². The molecule has 1 saturated heterocycles. The van der Waals surface area contributed by atoms with Crippen molar-refractivity contribution < 1.29 is 19.1 Å². The molecule has 0 bridgehead atoms. The predicted octanol–water partition coefficient (Wildman–Crippen LogP) is 1.49. The second-order valence-corrected chi connectivity index (χ2v) is 5.23. The Morgan fingerprint density at radius 3 is 2.58 bits per heavy atom. The minimum Gasteiger partial charge on any atom is -0.456 e. The Balaban J connectivity index is 1.58. The van der Waals surface area contributed by atoms with Crippen molar-refractivity contribution in [2.45, 2.75) is 13.2 Å². The van der Waals surface area contributed by atoms with Crippen molar-refractivity contribution in [3.8, 4) is 0 Å². The third-order valence-electron chi connectivity index (χ3n) is 3.54. The molecule has 1 aliphatic rings. The minimum atomic E-state index is -0.456. The summed E-state index contributed by atoms with van der Waals surface area (Å²) in [6.07, 6.45) is 1.63. The Morgan fingerprint density at radius 1 is 1.17 bits per heavy atom. The zero-order valence-corrected chi connectivity index (χ0v) is 12.8. The van der Waals surface area contributed by atoms with Crippen molar-refractivity contribution in [3.63, 3.8) is 0 Å². The summed E-state index contributed by atoms with van der Waals surface area (Å²) in [6.45, 7) is 0.300. The molecule has 2 aromatic rings. The Bertz CT molecular complexity index is 743. The summed E-state index contributed by atoms with van der Waals surface area (Å²) in [6, 6.07) is 11.6. The van der Waals surface area contributed by atoms with E-state index in [0.29, 0.717) is 11.3 Å². The number of carbonyl (C=O) groups is 3. The van der Waals surface area contributed by atoms with Gasteiger partial charge in [-0.2, -0.15) is 0 Å². The highest BCUT2D eigenvalue weighted by molar-refractivity contribution is 6.01. The summed E-state index contributed by atoms with van der Waals surface area (Å²) in [5, 5.41) is 2.46. The first-order chi connectivity index (χ1) is 11.6. The van der Waals surface area contributed by atoms with Gasteiger partial charge in [0.2, 0.25) is 5.91 Å². The fourth-order valence-electron chi connectivity index (χ4n) is 2.25. The summed E-state index contributed by atoms with van der Waals surface area (Å²) in [5.74, 6) is -0.721. The summed E-state index contributed by atoms with van der Waals surface area (Å²) < 4.78 is 5.19. The van der Waals surface area contributed by atoms with Gasteiger partial charge in [0.15, 0.2) is 0 Å². The molecule has 0 atom stereocenters. The third-order valence-corrected chi connectivity index (χ3v) is 3.54. The molecule has 0 radical (unpaired) electrons. The third kappa shape index (κ3) is 3.57. The average Bonchev–Trinajstić information content (AvgIpc) is 2.93. The number of nitrogens with zero attached hydrogens (tertiary/aromatic N) is 2. The zero-order chi connectivity index (χ0) is 16.9. The Hall–Kier alpha value is -3.22. The van der Waals surface area contributed by atoms with Crippen LogP contribution in [0.25, 0.3) is 0 Å². The van der Waals surface area contributed by atoms with Gasteiger partial charge >= 0.3 is 12.0 Å². The Kier molecular flexibility index (Phi) is 4.51. The first-order valence-electron chi connectivity index (χ1n) is 7.37. The second-order valence-electron chi connectivity index (χ2n) is 5.23. The number of hydrogen-bond acceptors (Lipinski definition) is 5. The fraction of sp³-hybridized carbons (Fsp3) is 0.176. The van der Waals surface area contributed by atoms with Crippen molar-refractivity contribution >= 4 is 17.9 Å². The summed E-state index contributed by atoms with van der Waals surface area (Å²) >= 11 is 0. The normalized spacial score (nSPS) is 13.8. The van der Waals surface area contributed by atoms with Gasteiger partial charge in [-0.1, -0.05) is 18.2 Å². The van der Waals surface area contributed by atoms with Crippen LogP contribution < -0.4 is 5.32 Å². The van der Waals surface area contributed by atoms with Crippen LogP contribution in [-0.4, -0.2) is 34.3 Å². The van der Waals surface area contributed by atoms with Crippen molar-refractivity contribution in [3.05, 3.63) is 65.5 Å². The monoisotopic (exact) mass is 325 g/mol. The number of amides is 3. The lowest BCUT2D eigenvalue weighted by atomic mass is 10.1. The summed E-state index contributed by atoms with van der Waals surface area (Å²) in [5.41, 5.74) is 1.81. The number of esters is 1. The van der Waals surface area contributed by atoms with Crippen molar-refractivity contribution in [1.82, 2.24) is 15.2 Å². The molecule has 24 heavy (non-hydrogen) atoms. The fourth-order valence-corrected chi connectivity index (χ4v) is 2.25. The lowest BCUT2D eigenvalue weighted by molar-refractivity contribution is -0.125. The number of benzene rings is 1. The van der Waals surface area contributed by atoms with Gasteiger partial charge in [0.1, 0.15) is 6.61 Å². The van der Waals surface area contributed by atoms with E-state index in [-0.39, 0.29) is 25.6 Å². The molecule has 1 aromatic heterocycles. The van der Waals surface area contributed by atoms with Crippen molar-refractivity contribution in [2.24, 2.45) is 0 Å². The van der Waals surface area contributed by atoms with E-state index in [4.69, 9.17) is 4.74 Å². The molecule has 2 heterocycles. The number of rotatable bonds is 5. The van der Waals surface area contributed by atoms with E-state index in [0.717, 1.165) is 10.5 Å². The van der Waals surface area contributed by atoms with E-state index in [2.05, 4.69) is 10.3 Å². The van der Waals surface area contributed by atoms with Gasteiger partial charge in [0.05, 0.1) is 24.3 Å². The summed E-state index contributed by atoms with van der Waals surface area (Å²) in [4.78, 5) is 40.3. The maximum absolute atomic E-state index is 12.0. The predicted molar refractivity (Wildman–Crippen MR) is 83.7 cm³/mol. The largest absolute Gasteiger partial charge is 0.456 e. The second kappa shape index (κ2) is 6.91. The standard InChI is InChI=1S/C17H15N3O4/c21-15-9-19-17(23)20(15)10-12-4-6-13(7-5-12)16(22)24-11-14-3-1-2-8-18-14/h1-8H,9-11H2,(H,19,23). The van der Waals surface area contributed by atoms with Gasteiger partial charge < -0.3 is 10.1 Å². The van der Waals surface area contributed by atoms with Crippen LogP contribution in [0.1, 0.15) is 21.6 Å². The molecule has 3 amide bonds. The van der Waals surface area contributed by atoms with Crippen LogP contribution in [-0.2, 0) is 22.7 Å². The van der Waals surface area contributed by atoms with Gasteiger partial charge in [-0.25, -0.2) is 9.59 Å². The first-order valence-corrected chi connectivity index (χ1v) is 7.37. The molecule has 1 fully saturated rings. The van der Waals surface area contributed by atoms with E-state index in [1.165, 1.54) is 0 Å². The van der Waals surface area contributed by atoms with Crippen LogP contribution in [0.5, 0.6) is 0 Å². The number of urea groups is 1. The van der Waals surface area contributed by atoms with Gasteiger partial charge in [-0.15, -0.1) is 0 Å². The van der Waals surface area contributed by atoms with Crippen LogP contribution in [0.4, 0.5) is 4.79 Å². The Labute approximate surface area is 138 Å². The SMILES string of the molecule is O=C(OCc1ccccn1)c1ccc(CN2C(=O)CNC2=O)cc1. The van der Waals surface area contributed by atoms with E-state index < -0.39 is 12.0 Å². The lowest BCUT2D eigenvalue weighted by Gasteiger charge is -2.12. The van der Waals surface area contributed by atoms with Crippen molar-refractivity contribution in [1.29, 1.82) is 0 Å².